The number of ketones is 1. The minimum atomic E-state index is -1.04. The molecule has 5 N–H and O–H groups in total. The molecule has 1 aromatic heterocycles. The van der Waals surface area contributed by atoms with Crippen LogP contribution in [0.2, 0.25) is 5.02 Å². The van der Waals surface area contributed by atoms with Gasteiger partial charge in [-0.25, -0.2) is 9.78 Å². The van der Waals surface area contributed by atoms with Gasteiger partial charge in [0.2, 0.25) is 0 Å². The molecular formula is C20H29Cl3N4O3. The molecule has 1 aliphatic carbocycles. The highest BCUT2D eigenvalue weighted by Crippen LogP contribution is 2.35. The average molecular weight is 480 g/mol. The molecule has 1 saturated heterocycles. The van der Waals surface area contributed by atoms with Crippen molar-refractivity contribution in [2.75, 3.05) is 25.0 Å². The number of nitrogens with two attached hydrogens (primary N) is 1. The number of hydrogen-bond donors (Lipinski definition) is 4. The smallest absolute Gasteiger partial charge is 0.328 e. The van der Waals surface area contributed by atoms with Crippen LogP contribution in [0.15, 0.2) is 18.3 Å². The lowest BCUT2D eigenvalue weighted by Crippen LogP contribution is -2.52. The van der Waals surface area contributed by atoms with Crippen LogP contribution < -0.4 is 16.4 Å². The number of carbonyl (C=O) groups is 2. The van der Waals surface area contributed by atoms with Crippen molar-refractivity contribution >= 4 is 60.1 Å². The predicted molar refractivity (Wildman–Crippen MR) is 124 cm³/mol. The van der Waals surface area contributed by atoms with Crippen LogP contribution >= 0.6 is 36.4 Å². The lowest BCUT2D eigenvalue weighted by molar-refractivity contribution is -0.131. The van der Waals surface area contributed by atoms with E-state index in [0.717, 1.165) is 38.3 Å². The summed E-state index contributed by atoms with van der Waals surface area (Å²) < 4.78 is 0. The predicted octanol–water partition coefficient (Wildman–Crippen LogP) is 3.15. The monoisotopic (exact) mass is 478 g/mol. The molecule has 3 rings (SSSR count). The first-order valence-electron chi connectivity index (χ1n) is 9.73. The maximum atomic E-state index is 13.4. The number of Topliss-reactive ketones (excluding diaryl/α,β-unsaturated/α-hetero) is 1. The number of aliphatic carboxylic acids is 1. The van der Waals surface area contributed by atoms with E-state index in [1.807, 2.05) is 0 Å². The van der Waals surface area contributed by atoms with Gasteiger partial charge in [0.1, 0.15) is 11.4 Å². The molecule has 0 aromatic carbocycles. The van der Waals surface area contributed by atoms with Crippen molar-refractivity contribution in [2.45, 2.75) is 37.6 Å². The number of nitrogens with zero attached hydrogens (tertiary/aromatic N) is 1. The number of carboxylic acids is 1. The Kier molecular flexibility index (Phi) is 10.5. The van der Waals surface area contributed by atoms with Gasteiger partial charge in [-0.1, -0.05) is 11.6 Å². The van der Waals surface area contributed by atoms with Crippen LogP contribution in [-0.2, 0) is 9.59 Å². The summed E-state index contributed by atoms with van der Waals surface area (Å²) in [4.78, 5) is 28.4. The quantitative estimate of drug-likeness (QED) is 0.444. The van der Waals surface area contributed by atoms with Crippen LogP contribution in [0.4, 0.5) is 5.82 Å². The molecule has 10 heteroatoms. The van der Waals surface area contributed by atoms with E-state index < -0.39 is 11.5 Å². The van der Waals surface area contributed by atoms with E-state index in [4.69, 9.17) is 22.4 Å². The maximum Gasteiger partial charge on any atom is 0.328 e. The Balaban J connectivity index is 0.00000225. The van der Waals surface area contributed by atoms with Crippen molar-refractivity contribution in [2.24, 2.45) is 17.6 Å². The van der Waals surface area contributed by atoms with Crippen LogP contribution in [0.25, 0.3) is 6.08 Å². The van der Waals surface area contributed by atoms with E-state index in [9.17, 15) is 9.59 Å². The van der Waals surface area contributed by atoms with E-state index in [1.165, 1.54) is 6.08 Å². The van der Waals surface area contributed by atoms with Gasteiger partial charge in [-0.15, -0.1) is 24.8 Å². The molecule has 0 spiro atoms. The van der Waals surface area contributed by atoms with E-state index >= 15 is 0 Å². The number of nitrogens with one attached hydrogen (secondary N) is 2. The summed E-state index contributed by atoms with van der Waals surface area (Å²) in [6.45, 7) is 1.99. The molecule has 0 amide bonds. The molecule has 1 saturated carbocycles. The van der Waals surface area contributed by atoms with Gasteiger partial charge in [-0.05, 0) is 68.8 Å². The molecule has 2 aliphatic rings. The first-order valence-corrected chi connectivity index (χ1v) is 10.1. The molecule has 2 heterocycles. The molecule has 1 aromatic rings. The second-order valence-corrected chi connectivity index (χ2v) is 8.13. The summed E-state index contributed by atoms with van der Waals surface area (Å²) in [7, 11) is 0. The molecule has 0 unspecified atom stereocenters. The van der Waals surface area contributed by atoms with Crippen molar-refractivity contribution in [3.05, 3.63) is 28.9 Å². The lowest BCUT2D eigenvalue weighted by atomic mass is 9.74. The minimum Gasteiger partial charge on any atom is -0.478 e. The summed E-state index contributed by atoms with van der Waals surface area (Å²) in [5, 5.41) is 15.7. The maximum absolute atomic E-state index is 13.4. The van der Waals surface area contributed by atoms with Crippen LogP contribution in [0.5, 0.6) is 0 Å². The number of carbonyl (C=O) groups excluding carboxylic acids is 1. The fourth-order valence-electron chi connectivity index (χ4n) is 4.15. The fourth-order valence-corrected chi connectivity index (χ4v) is 4.37. The Morgan fingerprint density at radius 2 is 2.03 bits per heavy atom. The molecule has 2 fully saturated rings. The number of carboxylic acid groups (broad SMARTS) is 1. The highest BCUT2D eigenvalue weighted by Gasteiger charge is 2.45. The molecule has 7 nitrogen and oxygen atoms in total. The first kappa shape index (κ1) is 26.7. The minimum absolute atomic E-state index is 0. The van der Waals surface area contributed by atoms with Crippen LogP contribution in [0.3, 0.4) is 0 Å². The average Bonchev–Trinajstić information content (AvgIpc) is 3.17. The number of pyridine rings is 1. The summed E-state index contributed by atoms with van der Waals surface area (Å²) in [5.41, 5.74) is 5.65. The van der Waals surface area contributed by atoms with Gasteiger partial charge in [0.15, 0.2) is 5.78 Å². The Bertz CT molecular complexity index is 762. The largest absolute Gasteiger partial charge is 0.478 e. The van der Waals surface area contributed by atoms with Gasteiger partial charge in [0, 0.05) is 24.7 Å². The van der Waals surface area contributed by atoms with Gasteiger partial charge < -0.3 is 21.5 Å². The second-order valence-electron chi connectivity index (χ2n) is 7.72. The zero-order valence-electron chi connectivity index (χ0n) is 16.6. The normalized spacial score (nSPS) is 25.9. The highest BCUT2D eigenvalue weighted by atomic mass is 35.5. The Morgan fingerprint density at radius 1 is 1.33 bits per heavy atom. The zero-order chi connectivity index (χ0) is 20.1. The van der Waals surface area contributed by atoms with Crippen molar-refractivity contribution in [1.82, 2.24) is 10.3 Å². The summed E-state index contributed by atoms with van der Waals surface area (Å²) in [5.74, 6) is 0.190. The van der Waals surface area contributed by atoms with E-state index in [0.29, 0.717) is 41.8 Å². The van der Waals surface area contributed by atoms with Crippen molar-refractivity contribution in [3.8, 4) is 0 Å². The molecule has 168 valence electrons. The number of aromatic nitrogens is 1. The van der Waals surface area contributed by atoms with Crippen LogP contribution in [0.1, 0.15) is 37.7 Å². The zero-order valence-corrected chi connectivity index (χ0v) is 19.0. The third-order valence-corrected chi connectivity index (χ3v) is 6.10. The van der Waals surface area contributed by atoms with E-state index in [2.05, 4.69) is 15.6 Å². The van der Waals surface area contributed by atoms with Gasteiger partial charge >= 0.3 is 5.97 Å². The molecule has 1 atom stereocenters. The van der Waals surface area contributed by atoms with E-state index in [1.54, 1.807) is 12.3 Å². The van der Waals surface area contributed by atoms with Crippen LogP contribution in [-0.4, -0.2) is 47.0 Å². The molecule has 0 bridgehead atoms. The number of rotatable bonds is 7. The van der Waals surface area contributed by atoms with Gasteiger partial charge in [-0.2, -0.15) is 0 Å². The Labute approximate surface area is 194 Å². The fraction of sp³-hybridized carbons (Fsp3) is 0.550. The van der Waals surface area contributed by atoms with Crippen molar-refractivity contribution in [1.29, 1.82) is 0 Å². The van der Waals surface area contributed by atoms with Crippen molar-refractivity contribution in [3.63, 3.8) is 0 Å². The third kappa shape index (κ3) is 6.31. The van der Waals surface area contributed by atoms with Crippen molar-refractivity contribution < 1.29 is 14.7 Å². The Morgan fingerprint density at radius 3 is 2.57 bits per heavy atom. The summed E-state index contributed by atoms with van der Waals surface area (Å²) in [6.07, 6.45) is 8.44. The second kappa shape index (κ2) is 11.9. The summed E-state index contributed by atoms with van der Waals surface area (Å²) >= 11 is 6.36. The molecule has 0 radical (unpaired) electrons. The molecular weight excluding hydrogens is 451 g/mol. The van der Waals surface area contributed by atoms with E-state index in [-0.39, 0.29) is 36.5 Å². The Hall–Kier alpha value is -1.38. The number of halogens is 3. The van der Waals surface area contributed by atoms with Gasteiger partial charge in [-0.3, -0.25) is 4.79 Å². The molecule has 30 heavy (non-hydrogen) atoms. The number of anilines is 1. The topological polar surface area (TPSA) is 117 Å². The SMILES string of the molecule is Cl.Cl.NCC1CCC(C(=O)[C@@]2(Nc3ncc(/C=C/C(=O)O)cc3Cl)CCNC2)CC1. The third-order valence-electron chi connectivity index (χ3n) is 5.82. The first-order chi connectivity index (χ1) is 13.4. The number of hydrogen-bond acceptors (Lipinski definition) is 6. The highest BCUT2D eigenvalue weighted by molar-refractivity contribution is 6.33. The lowest BCUT2D eigenvalue weighted by Gasteiger charge is -2.35. The molecule has 1 aliphatic heterocycles. The standard InChI is InChI=1S/C20H27ClN4O3.2ClH/c21-16-9-14(3-6-17(26)27)11-24-19(16)25-20(7-8-23-12-20)18(28)15-4-1-13(10-22)2-5-15;;/h3,6,9,11,13,15,23H,1-2,4-5,7-8,10,12,22H2,(H,24,25)(H,26,27);2*1H/b6-3+;;/t13?,15?,20-;;/m1../s1. The van der Waals surface area contributed by atoms with Gasteiger partial charge in [0.05, 0.1) is 5.02 Å². The van der Waals surface area contributed by atoms with Gasteiger partial charge in [0.25, 0.3) is 0 Å². The van der Waals surface area contributed by atoms with Crippen LogP contribution in [0, 0.1) is 11.8 Å². The summed E-state index contributed by atoms with van der Waals surface area (Å²) in [6, 6.07) is 1.64.